The zero-order valence-electron chi connectivity index (χ0n) is 13.9. The molecule has 2 rings (SSSR count). The molecule has 1 N–H and O–H groups in total. The van der Waals surface area contributed by atoms with Crippen molar-refractivity contribution in [2.45, 2.75) is 26.4 Å². The molecule has 0 spiro atoms. The van der Waals surface area contributed by atoms with Crippen molar-refractivity contribution >= 4 is 23.3 Å². The Morgan fingerprint density at radius 1 is 1.04 bits per heavy atom. The molecule has 130 valence electrons. The standard InChI is InChI=1S/C19H18FNO4/c1-12(22)15-5-9-17(10-6-15)21-19(24)13(2)25-18(23)11-14-3-7-16(20)8-4-14/h3-10,13H,11H2,1-2H3,(H,21,24)/t13-/m1/s1. The van der Waals surface area contributed by atoms with E-state index in [0.717, 1.165) is 0 Å². The number of hydrogen-bond acceptors (Lipinski definition) is 4. The van der Waals surface area contributed by atoms with Gasteiger partial charge in [-0.05, 0) is 55.8 Å². The van der Waals surface area contributed by atoms with Gasteiger partial charge in [0.05, 0.1) is 6.42 Å². The van der Waals surface area contributed by atoms with E-state index in [0.29, 0.717) is 16.8 Å². The van der Waals surface area contributed by atoms with Crippen LogP contribution >= 0.6 is 0 Å². The minimum atomic E-state index is -0.986. The van der Waals surface area contributed by atoms with E-state index < -0.39 is 18.0 Å². The van der Waals surface area contributed by atoms with E-state index in [1.54, 1.807) is 24.3 Å². The summed E-state index contributed by atoms with van der Waals surface area (Å²) in [5, 5.41) is 2.61. The SMILES string of the molecule is CC(=O)c1ccc(NC(=O)[C@@H](C)OC(=O)Cc2ccc(F)cc2)cc1. The van der Waals surface area contributed by atoms with E-state index in [1.807, 2.05) is 0 Å². The predicted octanol–water partition coefficient (Wildman–Crippen LogP) is 3.14. The number of amides is 1. The van der Waals surface area contributed by atoms with Gasteiger partial charge in [0.15, 0.2) is 11.9 Å². The smallest absolute Gasteiger partial charge is 0.311 e. The normalized spacial score (nSPS) is 11.5. The second-order valence-corrected chi connectivity index (χ2v) is 5.56. The molecule has 0 radical (unpaired) electrons. The molecule has 0 bridgehead atoms. The van der Waals surface area contributed by atoms with Crippen LogP contribution in [0.4, 0.5) is 10.1 Å². The number of Topliss-reactive ketones (excluding diaryl/α,β-unsaturated/α-hetero) is 1. The maximum Gasteiger partial charge on any atom is 0.311 e. The van der Waals surface area contributed by atoms with Crippen LogP contribution in [-0.2, 0) is 20.7 Å². The first-order valence-corrected chi connectivity index (χ1v) is 7.71. The molecule has 25 heavy (non-hydrogen) atoms. The number of carbonyl (C=O) groups is 3. The molecular formula is C19H18FNO4. The second-order valence-electron chi connectivity index (χ2n) is 5.56. The number of esters is 1. The first-order valence-electron chi connectivity index (χ1n) is 7.71. The molecule has 0 heterocycles. The quantitative estimate of drug-likeness (QED) is 0.646. The number of halogens is 1. The van der Waals surface area contributed by atoms with Crippen LogP contribution in [0.3, 0.4) is 0 Å². The highest BCUT2D eigenvalue weighted by molar-refractivity contribution is 5.97. The van der Waals surface area contributed by atoms with Crippen molar-refractivity contribution in [1.82, 2.24) is 0 Å². The molecule has 5 nitrogen and oxygen atoms in total. The fraction of sp³-hybridized carbons (Fsp3) is 0.211. The Kier molecular flexibility index (Phi) is 6.00. The molecule has 6 heteroatoms. The van der Waals surface area contributed by atoms with Crippen molar-refractivity contribution in [2.24, 2.45) is 0 Å². The Labute approximate surface area is 144 Å². The van der Waals surface area contributed by atoms with Gasteiger partial charge in [0.1, 0.15) is 5.82 Å². The van der Waals surface area contributed by atoms with Crippen molar-refractivity contribution in [3.63, 3.8) is 0 Å². The third kappa shape index (κ3) is 5.53. The molecule has 2 aromatic rings. The summed E-state index contributed by atoms with van der Waals surface area (Å²) >= 11 is 0. The summed E-state index contributed by atoms with van der Waals surface area (Å²) in [6.45, 7) is 2.91. The number of ether oxygens (including phenoxy) is 1. The highest BCUT2D eigenvalue weighted by atomic mass is 19.1. The van der Waals surface area contributed by atoms with E-state index in [2.05, 4.69) is 5.32 Å². The first-order chi connectivity index (χ1) is 11.8. The zero-order chi connectivity index (χ0) is 18.4. The molecular weight excluding hydrogens is 325 g/mol. The Hall–Kier alpha value is -3.02. The van der Waals surface area contributed by atoms with Gasteiger partial charge in [0.2, 0.25) is 0 Å². The van der Waals surface area contributed by atoms with Crippen LogP contribution in [0.1, 0.15) is 29.8 Å². The van der Waals surface area contributed by atoms with Crippen molar-refractivity contribution in [3.05, 3.63) is 65.5 Å². The van der Waals surface area contributed by atoms with E-state index in [1.165, 1.54) is 38.1 Å². The summed E-state index contributed by atoms with van der Waals surface area (Å²) in [5.74, 6) is -1.52. The maximum atomic E-state index is 12.8. The molecule has 0 fully saturated rings. The molecule has 0 saturated carbocycles. The molecule has 0 aromatic heterocycles. The number of anilines is 1. The van der Waals surface area contributed by atoms with Crippen LogP contribution in [0, 0.1) is 5.82 Å². The van der Waals surface area contributed by atoms with Crippen LogP contribution in [0.2, 0.25) is 0 Å². The van der Waals surface area contributed by atoms with Crippen LogP contribution in [0.25, 0.3) is 0 Å². The van der Waals surface area contributed by atoms with Gasteiger partial charge in [-0.15, -0.1) is 0 Å². The number of rotatable bonds is 6. The highest BCUT2D eigenvalue weighted by Crippen LogP contribution is 2.11. The Morgan fingerprint density at radius 2 is 1.64 bits per heavy atom. The lowest BCUT2D eigenvalue weighted by atomic mass is 10.1. The van der Waals surface area contributed by atoms with Gasteiger partial charge in [-0.3, -0.25) is 14.4 Å². The topological polar surface area (TPSA) is 72.5 Å². The van der Waals surface area contributed by atoms with Gasteiger partial charge in [-0.1, -0.05) is 12.1 Å². The minimum absolute atomic E-state index is 0.0504. The van der Waals surface area contributed by atoms with Gasteiger partial charge in [-0.25, -0.2) is 4.39 Å². The predicted molar refractivity (Wildman–Crippen MR) is 90.7 cm³/mol. The van der Waals surface area contributed by atoms with E-state index in [-0.39, 0.29) is 18.0 Å². The summed E-state index contributed by atoms with van der Waals surface area (Å²) in [7, 11) is 0. The lowest BCUT2D eigenvalue weighted by molar-refractivity contribution is -0.152. The van der Waals surface area contributed by atoms with Crippen molar-refractivity contribution < 1.29 is 23.5 Å². The van der Waals surface area contributed by atoms with Crippen LogP contribution in [0.15, 0.2) is 48.5 Å². The second kappa shape index (κ2) is 8.19. The lowest BCUT2D eigenvalue weighted by Crippen LogP contribution is -2.30. The van der Waals surface area contributed by atoms with E-state index in [9.17, 15) is 18.8 Å². The number of ketones is 1. The molecule has 1 atom stereocenters. The third-order valence-corrected chi connectivity index (χ3v) is 3.50. The summed E-state index contributed by atoms with van der Waals surface area (Å²) in [4.78, 5) is 35.1. The van der Waals surface area contributed by atoms with E-state index >= 15 is 0 Å². The van der Waals surface area contributed by atoms with Crippen LogP contribution in [0.5, 0.6) is 0 Å². The highest BCUT2D eigenvalue weighted by Gasteiger charge is 2.18. The fourth-order valence-electron chi connectivity index (χ4n) is 2.09. The molecule has 1 amide bonds. The monoisotopic (exact) mass is 343 g/mol. The van der Waals surface area contributed by atoms with Gasteiger partial charge >= 0.3 is 5.97 Å². The summed E-state index contributed by atoms with van der Waals surface area (Å²) in [6.07, 6.45) is -1.04. The molecule has 2 aromatic carbocycles. The number of benzene rings is 2. The Balaban J connectivity index is 1.87. The molecule has 0 aliphatic carbocycles. The average molecular weight is 343 g/mol. The van der Waals surface area contributed by atoms with Gasteiger partial charge < -0.3 is 10.1 Å². The lowest BCUT2D eigenvalue weighted by Gasteiger charge is -2.13. The van der Waals surface area contributed by atoms with Gasteiger partial charge in [0.25, 0.3) is 5.91 Å². The fourth-order valence-corrected chi connectivity index (χ4v) is 2.09. The average Bonchev–Trinajstić information content (AvgIpc) is 2.57. The molecule has 0 saturated heterocycles. The van der Waals surface area contributed by atoms with E-state index in [4.69, 9.17) is 4.74 Å². The number of hydrogen-bond donors (Lipinski definition) is 1. The summed E-state index contributed by atoms with van der Waals surface area (Å²) < 4.78 is 17.9. The van der Waals surface area contributed by atoms with Crippen molar-refractivity contribution in [1.29, 1.82) is 0 Å². The molecule has 0 aliphatic heterocycles. The summed E-state index contributed by atoms with van der Waals surface area (Å²) in [5.41, 5.74) is 1.63. The van der Waals surface area contributed by atoms with Crippen molar-refractivity contribution in [3.8, 4) is 0 Å². The zero-order valence-corrected chi connectivity index (χ0v) is 13.9. The minimum Gasteiger partial charge on any atom is -0.452 e. The third-order valence-electron chi connectivity index (χ3n) is 3.50. The van der Waals surface area contributed by atoms with Crippen LogP contribution < -0.4 is 5.32 Å². The number of nitrogens with one attached hydrogen (secondary N) is 1. The molecule has 0 unspecified atom stereocenters. The van der Waals surface area contributed by atoms with Crippen molar-refractivity contribution in [2.75, 3.05) is 5.32 Å². The number of carbonyl (C=O) groups excluding carboxylic acids is 3. The van der Waals surface area contributed by atoms with Gasteiger partial charge in [0, 0.05) is 11.3 Å². The Bertz CT molecular complexity index is 769. The Morgan fingerprint density at radius 3 is 2.20 bits per heavy atom. The largest absolute Gasteiger partial charge is 0.452 e. The van der Waals surface area contributed by atoms with Crippen LogP contribution in [-0.4, -0.2) is 23.8 Å². The van der Waals surface area contributed by atoms with Gasteiger partial charge in [-0.2, -0.15) is 0 Å². The summed E-state index contributed by atoms with van der Waals surface area (Å²) in [6, 6.07) is 11.9. The first kappa shape index (κ1) is 18.3. The maximum absolute atomic E-state index is 12.8. The molecule has 0 aliphatic rings.